The molecule has 1 aromatic rings. The normalized spacial score (nSPS) is 14.5. The number of hydrogen-bond acceptors (Lipinski definition) is 3. The molecule has 114 valence electrons. The van der Waals surface area contributed by atoms with Crippen LogP contribution in [0.15, 0.2) is 29.2 Å². The van der Waals surface area contributed by atoms with Crippen LogP contribution in [-0.4, -0.2) is 38.8 Å². The minimum atomic E-state index is -3.59. The number of likely N-dealkylation sites (N-methyl/N-ethyl adjacent to an activating group) is 2. The van der Waals surface area contributed by atoms with Crippen molar-refractivity contribution in [2.75, 3.05) is 20.1 Å². The monoisotopic (exact) mass is 308 g/mol. The fourth-order valence-electron chi connectivity index (χ4n) is 2.38. The van der Waals surface area contributed by atoms with Crippen LogP contribution in [0.1, 0.15) is 24.5 Å². The van der Waals surface area contributed by atoms with Gasteiger partial charge in [0.1, 0.15) is 0 Å². The number of fused-ring (bicyclic) bond motifs is 1. The number of allylic oxidation sites excluding steroid dienone is 1. The van der Waals surface area contributed by atoms with E-state index in [1.807, 2.05) is 24.3 Å². The Morgan fingerprint density at radius 3 is 2.67 bits per heavy atom. The van der Waals surface area contributed by atoms with Crippen LogP contribution in [0.3, 0.4) is 0 Å². The Balaban J connectivity index is 2.31. The van der Waals surface area contributed by atoms with Gasteiger partial charge in [-0.15, -0.1) is 0 Å². The van der Waals surface area contributed by atoms with Crippen molar-refractivity contribution in [2.24, 2.45) is 0 Å². The maximum Gasteiger partial charge on any atom is 0.239 e. The molecule has 0 saturated heterocycles. The molecule has 0 fully saturated rings. The number of amides is 1. The summed E-state index contributed by atoms with van der Waals surface area (Å²) in [5.74, 6) is -0.308. The van der Waals surface area contributed by atoms with Gasteiger partial charge in [-0.25, -0.2) is 8.42 Å². The molecule has 1 aromatic carbocycles. The van der Waals surface area contributed by atoms with Crippen molar-refractivity contribution in [1.29, 1.82) is 0 Å². The summed E-state index contributed by atoms with van der Waals surface area (Å²) >= 11 is 0. The molecule has 21 heavy (non-hydrogen) atoms. The molecular weight excluding hydrogens is 288 g/mol. The highest BCUT2D eigenvalue weighted by atomic mass is 32.2. The molecule has 0 aromatic heterocycles. The molecule has 0 atom stereocenters. The molecule has 1 aliphatic carbocycles. The summed E-state index contributed by atoms with van der Waals surface area (Å²) in [6.45, 7) is 1.86. The zero-order valence-electron chi connectivity index (χ0n) is 12.3. The smallest absolute Gasteiger partial charge is 0.239 e. The van der Waals surface area contributed by atoms with Gasteiger partial charge in [-0.2, -0.15) is 4.31 Å². The van der Waals surface area contributed by atoms with E-state index < -0.39 is 10.0 Å². The van der Waals surface area contributed by atoms with Crippen LogP contribution in [0.5, 0.6) is 0 Å². The van der Waals surface area contributed by atoms with Crippen LogP contribution < -0.4 is 5.32 Å². The standard InChI is InChI=1S/C15H20N2O3S/c1-3-17(11-15(18)16-2)21(19,20)14-9-8-12-6-4-5-7-13(12)10-14/h4-7,10H,3,8-9,11H2,1-2H3,(H,16,18). The van der Waals surface area contributed by atoms with Crippen LogP contribution in [0.4, 0.5) is 0 Å². The van der Waals surface area contributed by atoms with Crippen LogP contribution in [-0.2, 0) is 21.2 Å². The number of nitrogens with one attached hydrogen (secondary N) is 1. The fourth-order valence-corrected chi connectivity index (χ4v) is 3.98. The zero-order valence-corrected chi connectivity index (χ0v) is 13.1. The number of carbonyl (C=O) groups excluding carboxylic acids is 1. The molecule has 0 saturated carbocycles. The number of aryl methyl sites for hydroxylation is 1. The van der Waals surface area contributed by atoms with E-state index in [2.05, 4.69) is 5.32 Å². The summed E-state index contributed by atoms with van der Waals surface area (Å²) in [5.41, 5.74) is 2.10. The molecule has 6 heteroatoms. The lowest BCUT2D eigenvalue weighted by Gasteiger charge is -2.24. The summed E-state index contributed by atoms with van der Waals surface area (Å²) in [5, 5.41) is 2.46. The van der Waals surface area contributed by atoms with Crippen molar-refractivity contribution < 1.29 is 13.2 Å². The molecule has 0 bridgehead atoms. The first-order valence-electron chi connectivity index (χ1n) is 6.98. The predicted octanol–water partition coefficient (Wildman–Crippen LogP) is 1.37. The first kappa shape index (κ1) is 15.7. The van der Waals surface area contributed by atoms with E-state index in [1.165, 1.54) is 11.4 Å². The highest BCUT2D eigenvalue weighted by Gasteiger charge is 2.28. The van der Waals surface area contributed by atoms with Crippen LogP contribution in [0.2, 0.25) is 0 Å². The third kappa shape index (κ3) is 3.33. The molecule has 2 rings (SSSR count). The maximum absolute atomic E-state index is 12.7. The Morgan fingerprint density at radius 1 is 1.29 bits per heavy atom. The third-order valence-electron chi connectivity index (χ3n) is 3.64. The summed E-state index contributed by atoms with van der Waals surface area (Å²) in [6, 6.07) is 7.78. The number of sulfonamides is 1. The van der Waals surface area contributed by atoms with Crippen LogP contribution in [0.25, 0.3) is 6.08 Å². The van der Waals surface area contributed by atoms with Gasteiger partial charge in [-0.05, 0) is 30.0 Å². The second kappa shape index (κ2) is 6.41. The van der Waals surface area contributed by atoms with Gasteiger partial charge < -0.3 is 5.32 Å². The van der Waals surface area contributed by atoms with Crippen molar-refractivity contribution in [3.8, 4) is 0 Å². The number of hydrogen-bond donors (Lipinski definition) is 1. The Bertz CT molecular complexity index is 665. The SMILES string of the molecule is CCN(CC(=O)NC)S(=O)(=O)C1=Cc2ccccc2CC1. The summed E-state index contributed by atoms with van der Waals surface area (Å²) in [6.07, 6.45) is 2.91. The maximum atomic E-state index is 12.7. The van der Waals surface area contributed by atoms with Crippen molar-refractivity contribution in [1.82, 2.24) is 9.62 Å². The van der Waals surface area contributed by atoms with Gasteiger partial charge in [0.15, 0.2) is 0 Å². The second-order valence-electron chi connectivity index (χ2n) is 4.91. The molecular formula is C15H20N2O3S. The quantitative estimate of drug-likeness (QED) is 0.893. The van der Waals surface area contributed by atoms with Gasteiger partial charge in [0.05, 0.1) is 11.4 Å². The van der Waals surface area contributed by atoms with Crippen molar-refractivity contribution in [3.05, 3.63) is 40.3 Å². The summed E-state index contributed by atoms with van der Waals surface area (Å²) < 4.78 is 26.5. The Hall–Kier alpha value is -1.66. The van der Waals surface area contributed by atoms with Gasteiger partial charge in [-0.1, -0.05) is 31.2 Å². The van der Waals surface area contributed by atoms with E-state index in [9.17, 15) is 13.2 Å². The molecule has 0 radical (unpaired) electrons. The average Bonchev–Trinajstić information content (AvgIpc) is 2.51. The van der Waals surface area contributed by atoms with Gasteiger partial charge in [-0.3, -0.25) is 4.79 Å². The van der Waals surface area contributed by atoms with E-state index in [4.69, 9.17) is 0 Å². The topological polar surface area (TPSA) is 66.5 Å². The molecule has 1 N–H and O–H groups in total. The van der Waals surface area contributed by atoms with Gasteiger partial charge in [0, 0.05) is 13.6 Å². The first-order valence-corrected chi connectivity index (χ1v) is 8.42. The minimum Gasteiger partial charge on any atom is -0.358 e. The first-order chi connectivity index (χ1) is 9.98. The fraction of sp³-hybridized carbons (Fsp3) is 0.400. The van der Waals surface area contributed by atoms with E-state index in [0.29, 0.717) is 17.7 Å². The summed E-state index contributed by atoms with van der Waals surface area (Å²) in [4.78, 5) is 11.9. The van der Waals surface area contributed by atoms with Gasteiger partial charge >= 0.3 is 0 Å². The number of rotatable bonds is 5. The van der Waals surface area contributed by atoms with Gasteiger partial charge in [0.25, 0.3) is 0 Å². The molecule has 0 unspecified atom stereocenters. The van der Waals surface area contributed by atoms with E-state index in [0.717, 1.165) is 11.1 Å². The lowest BCUT2D eigenvalue weighted by Crippen LogP contribution is -2.40. The molecule has 0 aliphatic heterocycles. The Kier molecular flexibility index (Phi) is 4.80. The second-order valence-corrected chi connectivity index (χ2v) is 6.90. The lowest BCUT2D eigenvalue weighted by molar-refractivity contribution is -0.120. The molecule has 1 aliphatic rings. The predicted molar refractivity (Wildman–Crippen MR) is 83.0 cm³/mol. The van der Waals surface area contributed by atoms with E-state index in [1.54, 1.807) is 13.0 Å². The minimum absolute atomic E-state index is 0.145. The highest BCUT2D eigenvalue weighted by molar-refractivity contribution is 7.93. The highest BCUT2D eigenvalue weighted by Crippen LogP contribution is 2.28. The molecule has 1 amide bonds. The number of benzene rings is 1. The zero-order chi connectivity index (χ0) is 15.5. The summed E-state index contributed by atoms with van der Waals surface area (Å²) in [7, 11) is -2.09. The number of carbonyl (C=O) groups is 1. The van der Waals surface area contributed by atoms with E-state index in [-0.39, 0.29) is 19.0 Å². The molecule has 0 heterocycles. The van der Waals surface area contributed by atoms with Crippen LogP contribution in [0, 0.1) is 0 Å². The van der Waals surface area contributed by atoms with Crippen LogP contribution >= 0.6 is 0 Å². The Labute approximate surface area is 125 Å². The van der Waals surface area contributed by atoms with E-state index >= 15 is 0 Å². The van der Waals surface area contributed by atoms with Gasteiger partial charge in [0.2, 0.25) is 15.9 Å². The molecule has 5 nitrogen and oxygen atoms in total. The van der Waals surface area contributed by atoms with Crippen molar-refractivity contribution in [3.63, 3.8) is 0 Å². The van der Waals surface area contributed by atoms with Crippen molar-refractivity contribution >= 4 is 22.0 Å². The lowest BCUT2D eigenvalue weighted by atomic mass is 9.98. The molecule has 0 spiro atoms. The third-order valence-corrected chi connectivity index (χ3v) is 5.69. The van der Waals surface area contributed by atoms with Crippen molar-refractivity contribution in [2.45, 2.75) is 19.8 Å². The number of nitrogens with zero attached hydrogens (tertiary/aromatic N) is 1. The average molecular weight is 308 g/mol. The largest absolute Gasteiger partial charge is 0.358 e. The Morgan fingerprint density at radius 2 is 2.00 bits per heavy atom.